The fraction of sp³-hybridized carbons (Fsp3) is 0.536. The maximum Gasteiger partial charge on any atom is 0.254 e. The molecule has 0 aromatic heterocycles. The molecule has 6 atom stereocenters. The van der Waals surface area contributed by atoms with Crippen LogP contribution in [0.15, 0.2) is 36.4 Å². The van der Waals surface area contributed by atoms with Crippen molar-refractivity contribution in [1.29, 1.82) is 0 Å². The van der Waals surface area contributed by atoms with Crippen molar-refractivity contribution in [2.45, 2.75) is 68.4 Å². The van der Waals surface area contributed by atoms with Crippen LogP contribution in [0.1, 0.15) is 52.7 Å². The molecular formula is C28H30N2O4. The van der Waals surface area contributed by atoms with Crippen LogP contribution in [0.4, 0.5) is 0 Å². The van der Waals surface area contributed by atoms with Gasteiger partial charge in [-0.3, -0.25) is 9.69 Å². The molecule has 176 valence electrons. The standard InChI is InChI=1S/C28H30N2O4/c1-15-6-9-21(31)23-22(15)28-19-14-29(12-16-7-8-16)24(19)27(28,33)11-10-20(25(28)34-23)30-13-17-4-2-3-5-18(17)26(30)32/h2-6,9,16,19-20,24-25,31,33H,7-8,10-14H2,1H3/t19?,20-,24-,25+,27-,28+/m1/s1. The van der Waals surface area contributed by atoms with Gasteiger partial charge in [-0.05, 0) is 61.8 Å². The Balaban J connectivity index is 1.24. The smallest absolute Gasteiger partial charge is 0.254 e. The summed E-state index contributed by atoms with van der Waals surface area (Å²) in [6.45, 7) is 4.68. The molecule has 34 heavy (non-hydrogen) atoms. The average molecular weight is 459 g/mol. The molecule has 2 aromatic carbocycles. The van der Waals surface area contributed by atoms with Crippen LogP contribution in [0.25, 0.3) is 0 Å². The molecule has 6 nitrogen and oxygen atoms in total. The summed E-state index contributed by atoms with van der Waals surface area (Å²) in [7, 11) is 0. The molecule has 6 heteroatoms. The van der Waals surface area contributed by atoms with Crippen LogP contribution in [-0.2, 0) is 12.0 Å². The number of likely N-dealkylation sites (tertiary alicyclic amines) is 1. The average Bonchev–Trinajstić information content (AvgIpc) is 3.46. The number of carbonyl (C=O) groups is 1. The number of phenolic OH excluding ortho intramolecular Hbond substituents is 1. The van der Waals surface area contributed by atoms with Crippen LogP contribution in [0.3, 0.4) is 0 Å². The summed E-state index contributed by atoms with van der Waals surface area (Å²) < 4.78 is 6.64. The second-order valence-corrected chi connectivity index (χ2v) is 11.6. The van der Waals surface area contributed by atoms with Crippen LogP contribution in [0.5, 0.6) is 11.5 Å². The number of amides is 1. The van der Waals surface area contributed by atoms with E-state index in [2.05, 4.69) is 11.8 Å². The Morgan fingerprint density at radius 1 is 1.15 bits per heavy atom. The summed E-state index contributed by atoms with van der Waals surface area (Å²) in [5, 5.41) is 23.2. The van der Waals surface area contributed by atoms with Crippen LogP contribution in [0.2, 0.25) is 0 Å². The van der Waals surface area contributed by atoms with Gasteiger partial charge in [0.15, 0.2) is 11.5 Å². The van der Waals surface area contributed by atoms with Crippen molar-refractivity contribution in [3.8, 4) is 11.5 Å². The fourth-order valence-electron chi connectivity index (χ4n) is 8.55. The van der Waals surface area contributed by atoms with E-state index >= 15 is 0 Å². The zero-order chi connectivity index (χ0) is 23.0. The number of rotatable bonds is 3. The topological polar surface area (TPSA) is 73.2 Å². The van der Waals surface area contributed by atoms with Gasteiger partial charge in [-0.1, -0.05) is 24.3 Å². The fourth-order valence-corrected chi connectivity index (χ4v) is 8.55. The first-order chi connectivity index (χ1) is 16.4. The van der Waals surface area contributed by atoms with E-state index in [1.807, 2.05) is 35.2 Å². The highest BCUT2D eigenvalue weighted by Gasteiger charge is 2.85. The number of ether oxygens (including phenoxy) is 1. The number of carbonyl (C=O) groups excluding carboxylic acids is 1. The Hall–Kier alpha value is -2.57. The lowest BCUT2D eigenvalue weighted by Crippen LogP contribution is -2.92. The Morgan fingerprint density at radius 3 is 2.76 bits per heavy atom. The SMILES string of the molecule is Cc1ccc(O)c2c1[C@]13C4CN(CC5CC5)[C@H]4[C@]1(O)CC[C@@H](N1Cc4ccccc4C1=O)[C@@H]3O2. The molecule has 1 unspecified atom stereocenters. The normalized spacial score (nSPS) is 39.2. The molecule has 4 fully saturated rings. The molecule has 1 spiro atoms. The monoisotopic (exact) mass is 458 g/mol. The zero-order valence-corrected chi connectivity index (χ0v) is 19.4. The van der Waals surface area contributed by atoms with Crippen molar-refractivity contribution in [2.75, 3.05) is 13.1 Å². The number of nitrogens with zero attached hydrogens (tertiary/aromatic N) is 2. The van der Waals surface area contributed by atoms with Gasteiger partial charge in [-0.2, -0.15) is 0 Å². The van der Waals surface area contributed by atoms with Gasteiger partial charge < -0.3 is 19.8 Å². The zero-order valence-electron chi connectivity index (χ0n) is 19.4. The van der Waals surface area contributed by atoms with Gasteiger partial charge in [-0.15, -0.1) is 0 Å². The van der Waals surface area contributed by atoms with Crippen LogP contribution in [0, 0.1) is 18.8 Å². The van der Waals surface area contributed by atoms with E-state index in [-0.39, 0.29) is 35.8 Å². The third-order valence-corrected chi connectivity index (χ3v) is 10.1. The van der Waals surface area contributed by atoms with Crippen LogP contribution >= 0.6 is 0 Å². The first kappa shape index (κ1) is 19.7. The summed E-state index contributed by atoms with van der Waals surface area (Å²) in [5.74, 6) is 1.79. The van der Waals surface area contributed by atoms with Gasteiger partial charge in [0, 0.05) is 42.7 Å². The van der Waals surface area contributed by atoms with E-state index in [0.717, 1.165) is 41.3 Å². The van der Waals surface area contributed by atoms with Gasteiger partial charge in [-0.25, -0.2) is 0 Å². The maximum atomic E-state index is 13.5. The predicted molar refractivity (Wildman–Crippen MR) is 125 cm³/mol. The van der Waals surface area contributed by atoms with Gasteiger partial charge in [0.2, 0.25) is 0 Å². The molecule has 2 aromatic rings. The molecule has 3 heterocycles. The highest BCUT2D eigenvalue weighted by Crippen LogP contribution is 2.73. The van der Waals surface area contributed by atoms with Crippen molar-refractivity contribution in [1.82, 2.24) is 9.80 Å². The minimum absolute atomic E-state index is 0.0570. The minimum Gasteiger partial charge on any atom is -0.504 e. The van der Waals surface area contributed by atoms with Crippen molar-refractivity contribution in [3.63, 3.8) is 0 Å². The molecule has 6 aliphatic rings. The van der Waals surface area contributed by atoms with E-state index in [1.54, 1.807) is 6.07 Å². The molecule has 2 N–H and O–H groups in total. The summed E-state index contributed by atoms with van der Waals surface area (Å²) in [5.41, 5.74) is 2.41. The van der Waals surface area contributed by atoms with Gasteiger partial charge in [0.25, 0.3) is 5.91 Å². The van der Waals surface area contributed by atoms with Gasteiger partial charge in [0.1, 0.15) is 6.10 Å². The molecule has 8 rings (SSSR count). The first-order valence-corrected chi connectivity index (χ1v) is 12.8. The lowest BCUT2D eigenvalue weighted by molar-refractivity contribution is -0.321. The van der Waals surface area contributed by atoms with Crippen molar-refractivity contribution >= 4 is 5.91 Å². The Morgan fingerprint density at radius 2 is 1.97 bits per heavy atom. The summed E-state index contributed by atoms with van der Waals surface area (Å²) in [4.78, 5) is 17.9. The van der Waals surface area contributed by atoms with E-state index in [0.29, 0.717) is 25.1 Å². The third kappa shape index (κ3) is 2.06. The van der Waals surface area contributed by atoms with Crippen molar-refractivity contribution in [3.05, 3.63) is 58.7 Å². The number of hydrogen-bond donors (Lipinski definition) is 2. The number of phenols is 1. The number of hydrogen-bond acceptors (Lipinski definition) is 5. The number of aromatic hydroxyl groups is 1. The maximum absolute atomic E-state index is 13.5. The third-order valence-electron chi connectivity index (χ3n) is 10.1. The Kier molecular flexibility index (Phi) is 3.57. The minimum atomic E-state index is -0.897. The van der Waals surface area contributed by atoms with Crippen molar-refractivity contribution in [2.24, 2.45) is 11.8 Å². The molecule has 0 bridgehead atoms. The molecule has 0 radical (unpaired) electrons. The van der Waals surface area contributed by atoms with Crippen LogP contribution < -0.4 is 4.74 Å². The molecule has 3 aliphatic carbocycles. The quantitative estimate of drug-likeness (QED) is 0.740. The lowest BCUT2D eigenvalue weighted by atomic mass is 9.35. The van der Waals surface area contributed by atoms with Crippen LogP contribution in [-0.4, -0.2) is 62.8 Å². The number of piperidine rings is 1. The number of aliphatic hydroxyl groups is 1. The predicted octanol–water partition coefficient (Wildman–Crippen LogP) is 2.97. The second-order valence-electron chi connectivity index (χ2n) is 11.6. The highest BCUT2D eigenvalue weighted by atomic mass is 16.5. The number of fused-ring (bicyclic) bond motifs is 4. The second kappa shape index (κ2) is 6.16. The van der Waals surface area contributed by atoms with E-state index in [1.165, 1.54) is 12.8 Å². The molecule has 3 aliphatic heterocycles. The van der Waals surface area contributed by atoms with Gasteiger partial charge >= 0.3 is 0 Å². The molecular weight excluding hydrogens is 428 g/mol. The van der Waals surface area contributed by atoms with E-state index in [4.69, 9.17) is 4.74 Å². The molecule has 3 saturated carbocycles. The molecule has 1 saturated heterocycles. The van der Waals surface area contributed by atoms with E-state index in [9.17, 15) is 15.0 Å². The van der Waals surface area contributed by atoms with E-state index < -0.39 is 11.0 Å². The Bertz CT molecular complexity index is 1260. The summed E-state index contributed by atoms with van der Waals surface area (Å²) in [6.07, 6.45) is 3.61. The molecule has 1 amide bonds. The lowest BCUT2D eigenvalue weighted by Gasteiger charge is -2.78. The number of aryl methyl sites for hydroxylation is 1. The Labute approximate surface area is 199 Å². The van der Waals surface area contributed by atoms with Gasteiger partial charge in [0.05, 0.1) is 17.1 Å². The highest BCUT2D eigenvalue weighted by molar-refractivity contribution is 5.98. The summed E-state index contributed by atoms with van der Waals surface area (Å²) >= 11 is 0. The summed E-state index contributed by atoms with van der Waals surface area (Å²) in [6, 6.07) is 11.5. The largest absolute Gasteiger partial charge is 0.504 e. The number of benzene rings is 2. The van der Waals surface area contributed by atoms with Crippen molar-refractivity contribution < 1.29 is 19.7 Å². The first-order valence-electron chi connectivity index (χ1n) is 12.8.